The Hall–Kier alpha value is -2.13. The zero-order valence-corrected chi connectivity index (χ0v) is 10.7. The molecule has 0 heterocycles. The topological polar surface area (TPSA) is 67.8 Å². The third-order valence-corrected chi connectivity index (χ3v) is 2.23. The van der Waals surface area contributed by atoms with Crippen molar-refractivity contribution in [1.82, 2.24) is 0 Å². The molecule has 1 N–H and O–H groups in total. The third-order valence-electron chi connectivity index (χ3n) is 2.23. The van der Waals surface area contributed by atoms with Crippen molar-refractivity contribution in [3.8, 4) is 5.75 Å². The Morgan fingerprint density at radius 1 is 1.50 bits per heavy atom. The van der Waals surface area contributed by atoms with E-state index in [0.717, 1.165) is 0 Å². The Labute approximate surface area is 106 Å². The van der Waals surface area contributed by atoms with Crippen LogP contribution in [0.2, 0.25) is 0 Å². The van der Waals surface area contributed by atoms with E-state index in [-0.39, 0.29) is 11.8 Å². The van der Waals surface area contributed by atoms with Crippen LogP contribution in [0, 0.1) is 5.92 Å². The molecule has 1 amide bonds. The van der Waals surface area contributed by atoms with Gasteiger partial charge in [0.05, 0.1) is 18.5 Å². The van der Waals surface area contributed by atoms with Gasteiger partial charge in [-0.2, -0.15) is 4.99 Å². The summed E-state index contributed by atoms with van der Waals surface area (Å²) in [6, 6.07) is 4.82. The molecule has 0 radical (unpaired) electrons. The second-order valence-corrected chi connectivity index (χ2v) is 4.23. The minimum Gasteiger partial charge on any atom is -0.494 e. The summed E-state index contributed by atoms with van der Waals surface area (Å²) in [7, 11) is 1.49. The molecular formula is C13H16N2O3. The predicted molar refractivity (Wildman–Crippen MR) is 68.9 cm³/mol. The number of methoxy groups -OCH3 is 1. The maximum Gasteiger partial charge on any atom is 0.240 e. The smallest absolute Gasteiger partial charge is 0.240 e. The Morgan fingerprint density at radius 3 is 2.78 bits per heavy atom. The first kappa shape index (κ1) is 13.9. The van der Waals surface area contributed by atoms with Crippen molar-refractivity contribution in [2.24, 2.45) is 10.9 Å². The van der Waals surface area contributed by atoms with E-state index in [4.69, 9.17) is 4.74 Å². The lowest BCUT2D eigenvalue weighted by atomic mass is 10.1. The summed E-state index contributed by atoms with van der Waals surface area (Å²) >= 11 is 0. The molecule has 0 saturated carbocycles. The summed E-state index contributed by atoms with van der Waals surface area (Å²) in [4.78, 5) is 25.3. The van der Waals surface area contributed by atoms with E-state index in [1.807, 2.05) is 13.8 Å². The van der Waals surface area contributed by atoms with Gasteiger partial charge in [-0.1, -0.05) is 13.8 Å². The van der Waals surface area contributed by atoms with Gasteiger partial charge < -0.3 is 10.1 Å². The summed E-state index contributed by atoms with van der Waals surface area (Å²) in [5.41, 5.74) is 0.997. The van der Waals surface area contributed by atoms with Crippen LogP contribution in [0.4, 0.5) is 11.4 Å². The largest absolute Gasteiger partial charge is 0.494 e. The number of benzene rings is 1. The average molecular weight is 248 g/mol. The van der Waals surface area contributed by atoms with Gasteiger partial charge in [0.25, 0.3) is 0 Å². The molecule has 0 aliphatic rings. The first-order valence-electron chi connectivity index (χ1n) is 5.62. The zero-order chi connectivity index (χ0) is 13.5. The molecule has 96 valence electrons. The molecule has 0 fully saturated rings. The number of carbonyl (C=O) groups excluding carboxylic acids is 2. The molecule has 0 aromatic heterocycles. The molecule has 1 rings (SSSR count). The fourth-order valence-electron chi connectivity index (χ4n) is 1.48. The molecule has 1 aromatic rings. The highest BCUT2D eigenvalue weighted by Gasteiger charge is 2.09. The summed E-state index contributed by atoms with van der Waals surface area (Å²) in [5.74, 6) is 0.675. The molecule has 1 aromatic carbocycles. The van der Waals surface area contributed by atoms with E-state index < -0.39 is 0 Å². The summed E-state index contributed by atoms with van der Waals surface area (Å²) in [5, 5.41) is 2.76. The number of nitrogens with zero attached hydrogens (tertiary/aromatic N) is 1. The van der Waals surface area contributed by atoms with E-state index in [1.54, 1.807) is 18.2 Å². The van der Waals surface area contributed by atoms with Crippen molar-refractivity contribution in [3.63, 3.8) is 0 Å². The van der Waals surface area contributed by atoms with E-state index in [2.05, 4.69) is 10.3 Å². The summed E-state index contributed by atoms with van der Waals surface area (Å²) < 4.78 is 5.13. The van der Waals surface area contributed by atoms with Crippen LogP contribution >= 0.6 is 0 Å². The Bertz CT molecular complexity index is 477. The predicted octanol–water partition coefficient (Wildman–Crippen LogP) is 2.65. The number of nitrogens with one attached hydrogen (secondary N) is 1. The van der Waals surface area contributed by atoms with Gasteiger partial charge in [0.1, 0.15) is 5.75 Å². The quantitative estimate of drug-likeness (QED) is 0.643. The molecule has 0 aliphatic heterocycles. The van der Waals surface area contributed by atoms with Gasteiger partial charge in [0.2, 0.25) is 12.0 Å². The molecule has 0 unspecified atom stereocenters. The lowest BCUT2D eigenvalue weighted by molar-refractivity contribution is -0.116. The number of isocyanates is 1. The van der Waals surface area contributed by atoms with E-state index in [0.29, 0.717) is 23.5 Å². The van der Waals surface area contributed by atoms with E-state index in [9.17, 15) is 9.59 Å². The van der Waals surface area contributed by atoms with Crippen LogP contribution in [0.1, 0.15) is 20.3 Å². The number of hydrogen-bond acceptors (Lipinski definition) is 4. The minimum absolute atomic E-state index is 0.0741. The summed E-state index contributed by atoms with van der Waals surface area (Å²) in [6.07, 6.45) is 1.90. The standard InChI is InChI=1S/C13H16N2O3/c1-9(2)6-13(17)15-11-5-4-10(14-8-16)7-12(11)18-3/h4-5,7,9H,6H2,1-3H3,(H,15,17). The normalized spacial score (nSPS) is 9.78. The minimum atomic E-state index is -0.0741. The molecule has 0 atom stereocenters. The number of amides is 1. The number of rotatable bonds is 5. The second kappa shape index (κ2) is 6.57. The van der Waals surface area contributed by atoms with Gasteiger partial charge in [-0.15, -0.1) is 0 Å². The van der Waals surface area contributed by atoms with Crippen LogP contribution in [-0.4, -0.2) is 19.1 Å². The number of anilines is 1. The van der Waals surface area contributed by atoms with Gasteiger partial charge in [0, 0.05) is 12.5 Å². The van der Waals surface area contributed by atoms with Gasteiger partial charge in [-0.05, 0) is 18.1 Å². The van der Waals surface area contributed by atoms with Crippen molar-refractivity contribution in [3.05, 3.63) is 18.2 Å². The van der Waals surface area contributed by atoms with Crippen molar-refractivity contribution in [2.75, 3.05) is 12.4 Å². The first-order valence-corrected chi connectivity index (χ1v) is 5.62. The Kier molecular flexibility index (Phi) is 5.08. The highest BCUT2D eigenvalue weighted by atomic mass is 16.5. The fourth-order valence-corrected chi connectivity index (χ4v) is 1.48. The van der Waals surface area contributed by atoms with Crippen LogP contribution < -0.4 is 10.1 Å². The highest BCUT2D eigenvalue weighted by molar-refractivity contribution is 5.92. The average Bonchev–Trinajstić information content (AvgIpc) is 2.30. The Morgan fingerprint density at radius 2 is 2.22 bits per heavy atom. The number of hydrogen-bond donors (Lipinski definition) is 1. The molecule has 0 bridgehead atoms. The maximum absolute atomic E-state index is 11.6. The van der Waals surface area contributed by atoms with Crippen molar-refractivity contribution >= 4 is 23.4 Å². The van der Waals surface area contributed by atoms with Crippen molar-refractivity contribution in [2.45, 2.75) is 20.3 Å². The third kappa shape index (κ3) is 4.03. The number of carbonyl (C=O) groups is 1. The van der Waals surface area contributed by atoms with Crippen molar-refractivity contribution in [1.29, 1.82) is 0 Å². The number of ether oxygens (including phenoxy) is 1. The van der Waals surface area contributed by atoms with E-state index in [1.165, 1.54) is 13.2 Å². The van der Waals surface area contributed by atoms with E-state index >= 15 is 0 Å². The molecule has 5 nitrogen and oxygen atoms in total. The van der Waals surface area contributed by atoms with Gasteiger partial charge in [0.15, 0.2) is 0 Å². The first-order chi connectivity index (χ1) is 8.56. The highest BCUT2D eigenvalue weighted by Crippen LogP contribution is 2.29. The van der Waals surface area contributed by atoms with Crippen LogP contribution in [0.5, 0.6) is 5.75 Å². The SMILES string of the molecule is COc1cc(N=C=O)ccc1NC(=O)CC(C)C. The summed E-state index contributed by atoms with van der Waals surface area (Å²) in [6.45, 7) is 3.94. The molecule has 0 aliphatic carbocycles. The fraction of sp³-hybridized carbons (Fsp3) is 0.385. The zero-order valence-electron chi connectivity index (χ0n) is 10.7. The maximum atomic E-state index is 11.6. The molecule has 0 saturated heterocycles. The number of aliphatic imine (C=N–C) groups is 1. The van der Waals surface area contributed by atoms with Crippen molar-refractivity contribution < 1.29 is 14.3 Å². The van der Waals surface area contributed by atoms with Crippen LogP contribution in [0.3, 0.4) is 0 Å². The van der Waals surface area contributed by atoms with Crippen LogP contribution in [0.15, 0.2) is 23.2 Å². The molecular weight excluding hydrogens is 232 g/mol. The molecule has 0 spiro atoms. The van der Waals surface area contributed by atoms with Crippen LogP contribution in [-0.2, 0) is 9.59 Å². The molecule has 5 heteroatoms. The van der Waals surface area contributed by atoms with Crippen LogP contribution in [0.25, 0.3) is 0 Å². The Balaban J connectivity index is 2.88. The lowest BCUT2D eigenvalue weighted by Gasteiger charge is -2.11. The molecule has 18 heavy (non-hydrogen) atoms. The van der Waals surface area contributed by atoms with Gasteiger partial charge >= 0.3 is 0 Å². The second-order valence-electron chi connectivity index (χ2n) is 4.23. The lowest BCUT2D eigenvalue weighted by Crippen LogP contribution is -2.14. The van der Waals surface area contributed by atoms with Gasteiger partial charge in [-0.3, -0.25) is 4.79 Å². The monoisotopic (exact) mass is 248 g/mol. The van der Waals surface area contributed by atoms with Gasteiger partial charge in [-0.25, -0.2) is 4.79 Å².